The second-order valence-corrected chi connectivity index (χ2v) is 5.54. The Labute approximate surface area is 114 Å². The minimum atomic E-state index is 0.275. The van der Waals surface area contributed by atoms with Crippen molar-refractivity contribution in [1.29, 1.82) is 0 Å². The molecule has 3 nitrogen and oxygen atoms in total. The molecule has 0 amide bonds. The Morgan fingerprint density at radius 1 is 1.50 bits per heavy atom. The maximum Gasteiger partial charge on any atom is 0.121 e. The molecule has 1 aromatic carbocycles. The number of phenolic OH excluding ortho intramolecular Hbond substituents is 1. The zero-order valence-electron chi connectivity index (χ0n) is 10.8. The Balaban J connectivity index is 2.17. The van der Waals surface area contributed by atoms with Crippen molar-refractivity contribution in [1.82, 2.24) is 4.90 Å². The third-order valence-electron chi connectivity index (χ3n) is 3.93. The van der Waals surface area contributed by atoms with Gasteiger partial charge in [-0.1, -0.05) is 24.6 Å². The van der Waals surface area contributed by atoms with E-state index in [-0.39, 0.29) is 5.75 Å². The van der Waals surface area contributed by atoms with Crippen LogP contribution in [0.15, 0.2) is 18.2 Å². The number of nitrogens with two attached hydrogens (primary N) is 1. The summed E-state index contributed by atoms with van der Waals surface area (Å²) in [6.07, 6.45) is 2.41. The highest BCUT2D eigenvalue weighted by Crippen LogP contribution is 2.30. The van der Waals surface area contributed by atoms with Gasteiger partial charge in [-0.25, -0.2) is 0 Å². The van der Waals surface area contributed by atoms with Gasteiger partial charge < -0.3 is 10.8 Å². The van der Waals surface area contributed by atoms with Crippen LogP contribution in [0.1, 0.15) is 25.3 Å². The first-order valence-electron chi connectivity index (χ1n) is 6.54. The lowest BCUT2D eigenvalue weighted by atomic mass is 9.90. The van der Waals surface area contributed by atoms with E-state index in [9.17, 15) is 5.11 Å². The van der Waals surface area contributed by atoms with E-state index in [1.165, 1.54) is 12.8 Å². The van der Waals surface area contributed by atoms with Crippen molar-refractivity contribution < 1.29 is 5.11 Å². The van der Waals surface area contributed by atoms with Gasteiger partial charge in [-0.15, -0.1) is 0 Å². The number of likely N-dealkylation sites (tertiary alicyclic amines) is 1. The average Bonchev–Trinajstić information content (AvgIpc) is 2.34. The molecule has 2 unspecified atom stereocenters. The van der Waals surface area contributed by atoms with E-state index in [0.717, 1.165) is 12.1 Å². The lowest BCUT2D eigenvalue weighted by molar-refractivity contribution is 0.0982. The van der Waals surface area contributed by atoms with Crippen LogP contribution in [-0.2, 0) is 6.54 Å². The number of rotatable bonds is 3. The Bertz CT molecular complexity index is 391. The highest BCUT2D eigenvalue weighted by atomic mass is 35.5. The molecular weight excluding hydrogens is 248 g/mol. The van der Waals surface area contributed by atoms with Gasteiger partial charge in [0.05, 0.1) is 0 Å². The SMILES string of the molecule is CC1CCCN(Cc2c(O)cccc2Cl)C1CN. The molecule has 2 atom stereocenters. The molecule has 1 saturated heterocycles. The molecule has 3 N–H and O–H groups in total. The fourth-order valence-electron chi connectivity index (χ4n) is 2.82. The molecule has 0 spiro atoms. The van der Waals surface area contributed by atoms with E-state index >= 15 is 0 Å². The molecule has 1 fully saturated rings. The monoisotopic (exact) mass is 268 g/mol. The molecule has 0 aromatic heterocycles. The van der Waals surface area contributed by atoms with Crippen LogP contribution >= 0.6 is 11.6 Å². The Morgan fingerprint density at radius 3 is 2.94 bits per heavy atom. The number of aromatic hydroxyl groups is 1. The number of piperidine rings is 1. The molecule has 0 radical (unpaired) electrons. The summed E-state index contributed by atoms with van der Waals surface area (Å²) in [4.78, 5) is 2.34. The third-order valence-corrected chi connectivity index (χ3v) is 4.28. The summed E-state index contributed by atoms with van der Waals surface area (Å²) in [5.74, 6) is 0.880. The standard InChI is InChI=1S/C14H21ClN2O/c1-10-4-3-7-17(13(10)8-16)9-11-12(15)5-2-6-14(11)18/h2,5-6,10,13,18H,3-4,7-9,16H2,1H3. The maximum atomic E-state index is 9.90. The summed E-state index contributed by atoms with van der Waals surface area (Å²) in [6, 6.07) is 5.66. The van der Waals surface area contributed by atoms with Crippen molar-refractivity contribution in [2.75, 3.05) is 13.1 Å². The van der Waals surface area contributed by atoms with E-state index in [0.29, 0.717) is 30.1 Å². The second-order valence-electron chi connectivity index (χ2n) is 5.13. The van der Waals surface area contributed by atoms with Crippen LogP contribution in [0.3, 0.4) is 0 Å². The normalized spacial score (nSPS) is 25.3. The van der Waals surface area contributed by atoms with Crippen molar-refractivity contribution in [3.63, 3.8) is 0 Å². The fraction of sp³-hybridized carbons (Fsp3) is 0.571. The van der Waals surface area contributed by atoms with E-state index in [2.05, 4.69) is 11.8 Å². The smallest absolute Gasteiger partial charge is 0.121 e. The van der Waals surface area contributed by atoms with Gasteiger partial charge in [-0.2, -0.15) is 0 Å². The minimum Gasteiger partial charge on any atom is -0.508 e. The van der Waals surface area contributed by atoms with Gasteiger partial charge in [0, 0.05) is 29.7 Å². The zero-order valence-corrected chi connectivity index (χ0v) is 11.5. The van der Waals surface area contributed by atoms with E-state index in [4.69, 9.17) is 17.3 Å². The van der Waals surface area contributed by atoms with E-state index in [1.54, 1.807) is 12.1 Å². The predicted molar refractivity (Wildman–Crippen MR) is 74.8 cm³/mol. The Hall–Kier alpha value is -0.770. The molecule has 0 saturated carbocycles. The van der Waals surface area contributed by atoms with Crippen LogP contribution < -0.4 is 5.73 Å². The van der Waals surface area contributed by atoms with Crippen molar-refractivity contribution >= 4 is 11.6 Å². The summed E-state index contributed by atoms with van der Waals surface area (Å²) in [5.41, 5.74) is 6.69. The molecule has 4 heteroatoms. The average molecular weight is 269 g/mol. The fourth-order valence-corrected chi connectivity index (χ4v) is 3.05. The molecule has 100 valence electrons. The van der Waals surface area contributed by atoms with Crippen LogP contribution in [0.5, 0.6) is 5.75 Å². The number of hydrogen-bond acceptors (Lipinski definition) is 3. The first-order chi connectivity index (χ1) is 8.63. The molecule has 1 heterocycles. The summed E-state index contributed by atoms with van der Waals surface area (Å²) >= 11 is 6.16. The number of nitrogens with zero attached hydrogens (tertiary/aromatic N) is 1. The van der Waals surface area contributed by atoms with Gasteiger partial charge in [-0.05, 0) is 37.4 Å². The quantitative estimate of drug-likeness (QED) is 0.886. The van der Waals surface area contributed by atoms with Gasteiger partial charge in [0.1, 0.15) is 5.75 Å². The first kappa shape index (κ1) is 13.7. The van der Waals surface area contributed by atoms with Crippen LogP contribution in [0, 0.1) is 5.92 Å². The van der Waals surface area contributed by atoms with Crippen LogP contribution in [-0.4, -0.2) is 29.1 Å². The second kappa shape index (κ2) is 5.91. The molecule has 18 heavy (non-hydrogen) atoms. The third kappa shape index (κ3) is 2.79. The van der Waals surface area contributed by atoms with Gasteiger partial charge in [0.25, 0.3) is 0 Å². The largest absolute Gasteiger partial charge is 0.508 e. The topological polar surface area (TPSA) is 49.5 Å². The van der Waals surface area contributed by atoms with Crippen molar-refractivity contribution in [2.24, 2.45) is 11.7 Å². The summed E-state index contributed by atoms with van der Waals surface area (Å²) in [6.45, 7) is 4.61. The molecule has 1 aromatic rings. The summed E-state index contributed by atoms with van der Waals surface area (Å²) in [5, 5.41) is 10.5. The predicted octanol–water partition coefficient (Wildman–Crippen LogP) is 2.60. The van der Waals surface area contributed by atoms with Gasteiger partial charge in [0.15, 0.2) is 0 Å². The van der Waals surface area contributed by atoms with E-state index in [1.807, 2.05) is 6.07 Å². The highest BCUT2D eigenvalue weighted by Gasteiger charge is 2.28. The minimum absolute atomic E-state index is 0.275. The highest BCUT2D eigenvalue weighted by molar-refractivity contribution is 6.31. The van der Waals surface area contributed by atoms with Crippen molar-refractivity contribution in [3.05, 3.63) is 28.8 Å². The summed E-state index contributed by atoms with van der Waals surface area (Å²) < 4.78 is 0. The molecule has 2 rings (SSSR count). The van der Waals surface area contributed by atoms with Crippen molar-refractivity contribution in [3.8, 4) is 5.75 Å². The molecular formula is C14H21ClN2O. The number of benzene rings is 1. The lowest BCUT2D eigenvalue weighted by Gasteiger charge is -2.39. The number of hydrogen-bond donors (Lipinski definition) is 2. The Morgan fingerprint density at radius 2 is 2.28 bits per heavy atom. The maximum absolute atomic E-state index is 9.90. The van der Waals surface area contributed by atoms with Gasteiger partial charge in [0.2, 0.25) is 0 Å². The van der Waals surface area contributed by atoms with E-state index < -0.39 is 0 Å². The first-order valence-corrected chi connectivity index (χ1v) is 6.91. The van der Waals surface area contributed by atoms with Crippen molar-refractivity contribution in [2.45, 2.75) is 32.4 Å². The van der Waals surface area contributed by atoms with Crippen LogP contribution in [0.4, 0.5) is 0 Å². The molecule has 0 aliphatic carbocycles. The number of phenols is 1. The number of halogens is 1. The molecule has 1 aliphatic rings. The Kier molecular flexibility index (Phi) is 4.49. The van der Waals surface area contributed by atoms with Crippen LogP contribution in [0.25, 0.3) is 0 Å². The summed E-state index contributed by atoms with van der Waals surface area (Å²) in [7, 11) is 0. The lowest BCUT2D eigenvalue weighted by Crippen LogP contribution is -2.48. The van der Waals surface area contributed by atoms with Gasteiger partial charge >= 0.3 is 0 Å². The van der Waals surface area contributed by atoms with Crippen LogP contribution in [0.2, 0.25) is 5.02 Å². The zero-order chi connectivity index (χ0) is 13.1. The molecule has 0 bridgehead atoms. The van der Waals surface area contributed by atoms with Gasteiger partial charge in [-0.3, -0.25) is 4.90 Å². The molecule has 1 aliphatic heterocycles.